The summed E-state index contributed by atoms with van der Waals surface area (Å²) in [6.45, 7) is 0. The second-order valence-corrected chi connectivity index (χ2v) is 7.89. The molecule has 0 unspecified atom stereocenters. The lowest BCUT2D eigenvalue weighted by atomic mass is 10.0. The molecule has 0 radical (unpaired) electrons. The number of aromatic nitrogens is 1. The van der Waals surface area contributed by atoms with Gasteiger partial charge in [0, 0.05) is 15.9 Å². The van der Waals surface area contributed by atoms with E-state index in [0.717, 1.165) is 26.5 Å². The number of fused-ring (bicyclic) bond motifs is 2. The van der Waals surface area contributed by atoms with Crippen LogP contribution in [-0.2, 0) is 0 Å². The fourth-order valence-corrected chi connectivity index (χ4v) is 3.72. The number of halogens is 1. The summed E-state index contributed by atoms with van der Waals surface area (Å²) in [5.74, 6) is 0.461. The van der Waals surface area contributed by atoms with Crippen molar-refractivity contribution in [3.05, 3.63) is 111 Å². The number of nitrogens with zero attached hydrogens (tertiary/aromatic N) is 1. The Kier molecular flexibility index (Phi) is 4.77. The van der Waals surface area contributed by atoms with Gasteiger partial charge in [0.05, 0.1) is 10.9 Å². The van der Waals surface area contributed by atoms with Gasteiger partial charge in [0.1, 0.15) is 11.3 Å². The van der Waals surface area contributed by atoms with E-state index in [1.807, 2.05) is 66.7 Å². The molecule has 4 heteroatoms. The molecule has 0 N–H and O–H groups in total. The third kappa shape index (κ3) is 3.58. The summed E-state index contributed by atoms with van der Waals surface area (Å²) < 4.78 is 7.06. The molecule has 5 rings (SSSR count). The second kappa shape index (κ2) is 7.73. The first-order chi connectivity index (χ1) is 14.7. The SMILES string of the molecule is O=c1cc(-c2cc(/C=C/c3ccc(Br)cc3)c3ccccc3n2)oc2ccccc12. The summed E-state index contributed by atoms with van der Waals surface area (Å²) in [6.07, 6.45) is 4.13. The maximum atomic E-state index is 12.6. The van der Waals surface area contributed by atoms with Crippen LogP contribution >= 0.6 is 15.9 Å². The Labute approximate surface area is 181 Å². The molecule has 2 heterocycles. The Morgan fingerprint density at radius 2 is 1.53 bits per heavy atom. The van der Waals surface area contributed by atoms with Crippen molar-refractivity contribution in [2.45, 2.75) is 0 Å². The van der Waals surface area contributed by atoms with Crippen LogP contribution in [0.4, 0.5) is 0 Å². The zero-order valence-corrected chi connectivity index (χ0v) is 17.5. The lowest BCUT2D eigenvalue weighted by Crippen LogP contribution is -2.01. The molecule has 0 atom stereocenters. The monoisotopic (exact) mass is 453 g/mol. The zero-order chi connectivity index (χ0) is 20.5. The van der Waals surface area contributed by atoms with Crippen LogP contribution in [0.3, 0.4) is 0 Å². The maximum Gasteiger partial charge on any atom is 0.193 e. The number of rotatable bonds is 3. The molecule has 3 nitrogen and oxygen atoms in total. The van der Waals surface area contributed by atoms with E-state index < -0.39 is 0 Å². The number of pyridine rings is 1. The van der Waals surface area contributed by atoms with E-state index in [9.17, 15) is 4.79 Å². The molecule has 3 aromatic carbocycles. The van der Waals surface area contributed by atoms with Crippen molar-refractivity contribution in [2.24, 2.45) is 0 Å². The average molecular weight is 454 g/mol. The van der Waals surface area contributed by atoms with Gasteiger partial charge >= 0.3 is 0 Å². The largest absolute Gasteiger partial charge is 0.454 e. The van der Waals surface area contributed by atoms with Crippen LogP contribution in [0.1, 0.15) is 11.1 Å². The van der Waals surface area contributed by atoms with Crippen molar-refractivity contribution in [1.82, 2.24) is 4.98 Å². The Hall–Kier alpha value is -3.50. The second-order valence-electron chi connectivity index (χ2n) is 6.97. The minimum Gasteiger partial charge on any atom is -0.454 e. The van der Waals surface area contributed by atoms with E-state index in [-0.39, 0.29) is 5.43 Å². The van der Waals surface area contributed by atoms with Gasteiger partial charge in [-0.05, 0) is 47.5 Å². The quantitative estimate of drug-likeness (QED) is 0.297. The average Bonchev–Trinajstić information content (AvgIpc) is 2.78. The third-order valence-electron chi connectivity index (χ3n) is 4.96. The van der Waals surface area contributed by atoms with Crippen molar-refractivity contribution in [1.29, 1.82) is 0 Å². The van der Waals surface area contributed by atoms with Crippen LogP contribution in [0, 0.1) is 0 Å². The summed E-state index contributed by atoms with van der Waals surface area (Å²) >= 11 is 3.46. The van der Waals surface area contributed by atoms with E-state index in [4.69, 9.17) is 9.40 Å². The first kappa shape index (κ1) is 18.5. The van der Waals surface area contributed by atoms with Crippen LogP contribution in [-0.4, -0.2) is 4.98 Å². The predicted molar refractivity (Wildman–Crippen MR) is 126 cm³/mol. The van der Waals surface area contributed by atoms with Crippen molar-refractivity contribution < 1.29 is 4.42 Å². The van der Waals surface area contributed by atoms with E-state index in [0.29, 0.717) is 22.4 Å². The van der Waals surface area contributed by atoms with E-state index in [2.05, 4.69) is 28.1 Å². The van der Waals surface area contributed by atoms with Crippen LogP contribution in [0.25, 0.3) is 45.5 Å². The Bertz CT molecular complexity index is 1470. The summed E-state index contributed by atoms with van der Waals surface area (Å²) in [4.78, 5) is 17.3. The van der Waals surface area contributed by atoms with Gasteiger partial charge in [-0.2, -0.15) is 0 Å². The normalized spacial score (nSPS) is 11.5. The standard InChI is InChI=1S/C26H16BrNO2/c27-19-13-10-17(11-14-19)9-12-18-15-23(28-22-7-3-1-5-20(18)22)26-16-24(29)21-6-2-4-8-25(21)30-26/h1-16H/b12-9+. The molecule has 0 fully saturated rings. The fourth-order valence-electron chi connectivity index (χ4n) is 3.46. The molecule has 0 aliphatic rings. The first-order valence-corrected chi connectivity index (χ1v) is 10.3. The van der Waals surface area contributed by atoms with E-state index >= 15 is 0 Å². The maximum absolute atomic E-state index is 12.6. The molecule has 0 amide bonds. The van der Waals surface area contributed by atoms with Crippen molar-refractivity contribution in [2.75, 3.05) is 0 Å². The highest BCUT2D eigenvalue weighted by molar-refractivity contribution is 9.10. The molecule has 2 aromatic heterocycles. The van der Waals surface area contributed by atoms with Crippen LogP contribution in [0.2, 0.25) is 0 Å². The highest BCUT2D eigenvalue weighted by Gasteiger charge is 2.11. The van der Waals surface area contributed by atoms with Gasteiger partial charge in [-0.3, -0.25) is 4.79 Å². The van der Waals surface area contributed by atoms with Gasteiger partial charge in [0.2, 0.25) is 0 Å². The summed E-state index contributed by atoms with van der Waals surface area (Å²) in [5.41, 5.74) is 4.07. The van der Waals surface area contributed by atoms with Gasteiger partial charge in [-0.1, -0.05) is 70.5 Å². The molecule has 30 heavy (non-hydrogen) atoms. The predicted octanol–water partition coefficient (Wildman–Crippen LogP) is 6.94. The Morgan fingerprint density at radius 1 is 0.800 bits per heavy atom. The van der Waals surface area contributed by atoms with E-state index in [1.165, 1.54) is 6.07 Å². The Balaban J connectivity index is 1.67. The number of benzene rings is 3. The molecule has 0 aliphatic carbocycles. The first-order valence-electron chi connectivity index (χ1n) is 9.54. The minimum atomic E-state index is -0.0752. The van der Waals surface area contributed by atoms with Crippen LogP contribution in [0.15, 0.2) is 98.6 Å². The number of para-hydroxylation sites is 2. The highest BCUT2D eigenvalue weighted by Crippen LogP contribution is 2.27. The van der Waals surface area contributed by atoms with Crippen molar-refractivity contribution in [3.8, 4) is 11.5 Å². The number of hydrogen-bond acceptors (Lipinski definition) is 3. The molecule has 0 saturated heterocycles. The van der Waals surface area contributed by atoms with Gasteiger partial charge in [0.15, 0.2) is 11.2 Å². The van der Waals surface area contributed by atoms with Gasteiger partial charge < -0.3 is 4.42 Å². The molecular weight excluding hydrogens is 438 g/mol. The van der Waals surface area contributed by atoms with Crippen LogP contribution in [0.5, 0.6) is 0 Å². The Morgan fingerprint density at radius 3 is 2.37 bits per heavy atom. The van der Waals surface area contributed by atoms with Crippen molar-refractivity contribution >= 4 is 50.0 Å². The smallest absolute Gasteiger partial charge is 0.193 e. The van der Waals surface area contributed by atoms with Gasteiger partial charge in [-0.25, -0.2) is 4.98 Å². The minimum absolute atomic E-state index is 0.0752. The van der Waals surface area contributed by atoms with E-state index in [1.54, 1.807) is 12.1 Å². The molecule has 0 aliphatic heterocycles. The lowest BCUT2D eigenvalue weighted by Gasteiger charge is -2.07. The van der Waals surface area contributed by atoms with Gasteiger partial charge in [-0.15, -0.1) is 0 Å². The highest BCUT2D eigenvalue weighted by atomic mass is 79.9. The molecule has 0 bridgehead atoms. The molecule has 5 aromatic rings. The molecule has 144 valence electrons. The fraction of sp³-hybridized carbons (Fsp3) is 0. The summed E-state index contributed by atoms with van der Waals surface area (Å²) in [7, 11) is 0. The summed E-state index contributed by atoms with van der Waals surface area (Å²) in [6, 6.07) is 26.8. The van der Waals surface area contributed by atoms with Crippen LogP contribution < -0.4 is 5.43 Å². The molecule has 0 saturated carbocycles. The lowest BCUT2D eigenvalue weighted by molar-refractivity contribution is 0.616. The zero-order valence-electron chi connectivity index (χ0n) is 15.9. The number of hydrogen-bond donors (Lipinski definition) is 0. The molecular formula is C26H16BrNO2. The van der Waals surface area contributed by atoms with Gasteiger partial charge in [0.25, 0.3) is 0 Å². The third-order valence-corrected chi connectivity index (χ3v) is 5.49. The summed E-state index contributed by atoms with van der Waals surface area (Å²) in [5, 5.41) is 1.61. The molecule has 0 spiro atoms. The topological polar surface area (TPSA) is 43.1 Å². The van der Waals surface area contributed by atoms with Crippen molar-refractivity contribution in [3.63, 3.8) is 0 Å².